The lowest BCUT2D eigenvalue weighted by atomic mass is 10.1. The van der Waals surface area contributed by atoms with Crippen LogP contribution in [0.25, 0.3) is 10.8 Å². The Hall–Kier alpha value is -3.19. The molecule has 0 bridgehead atoms. The molecule has 0 spiro atoms. The molecule has 0 radical (unpaired) electrons. The lowest BCUT2D eigenvalue weighted by molar-refractivity contribution is -0.117. The number of piperazine rings is 1. The van der Waals surface area contributed by atoms with E-state index < -0.39 is 0 Å². The van der Waals surface area contributed by atoms with Crippen molar-refractivity contribution in [2.75, 3.05) is 42.9 Å². The lowest BCUT2D eigenvalue weighted by Gasteiger charge is -2.35. The van der Waals surface area contributed by atoms with Crippen LogP contribution < -0.4 is 15.8 Å². The summed E-state index contributed by atoms with van der Waals surface area (Å²) in [5.41, 5.74) is 3.40. The molecule has 1 amide bonds. The minimum absolute atomic E-state index is 0.120. The summed E-state index contributed by atoms with van der Waals surface area (Å²) in [5, 5.41) is 8.65. The molecule has 2 aromatic carbocycles. The highest BCUT2D eigenvalue weighted by molar-refractivity contribution is 5.92. The van der Waals surface area contributed by atoms with E-state index in [1.807, 2.05) is 38.1 Å². The summed E-state index contributed by atoms with van der Waals surface area (Å²) < 4.78 is 1.24. The summed E-state index contributed by atoms with van der Waals surface area (Å²) in [7, 11) is 0. The van der Waals surface area contributed by atoms with E-state index in [1.54, 1.807) is 6.07 Å². The summed E-state index contributed by atoms with van der Waals surface area (Å²) in [5.74, 6) is -0.267. The van der Waals surface area contributed by atoms with Crippen molar-refractivity contribution < 1.29 is 4.79 Å². The van der Waals surface area contributed by atoms with E-state index in [0.29, 0.717) is 5.39 Å². The number of rotatable bonds is 5. The van der Waals surface area contributed by atoms with Crippen molar-refractivity contribution in [2.24, 2.45) is 0 Å². The van der Waals surface area contributed by atoms with Crippen molar-refractivity contribution >= 4 is 28.1 Å². The van der Waals surface area contributed by atoms with Gasteiger partial charge in [0.05, 0.1) is 11.1 Å². The van der Waals surface area contributed by atoms with Crippen LogP contribution in [0.15, 0.2) is 47.3 Å². The van der Waals surface area contributed by atoms with Crippen LogP contribution in [0.4, 0.5) is 11.4 Å². The number of aromatic nitrogens is 2. The molecule has 3 aromatic rings. The second-order valence-corrected chi connectivity index (χ2v) is 8.06. The third-order valence-corrected chi connectivity index (χ3v) is 6.01. The van der Waals surface area contributed by atoms with Gasteiger partial charge < -0.3 is 15.1 Å². The van der Waals surface area contributed by atoms with Gasteiger partial charge in [0.25, 0.3) is 5.56 Å². The Morgan fingerprint density at radius 1 is 1.03 bits per heavy atom. The van der Waals surface area contributed by atoms with Gasteiger partial charge in [0.2, 0.25) is 5.91 Å². The maximum atomic E-state index is 12.7. The number of nitrogens with zero attached hydrogens (tertiary/aromatic N) is 4. The molecule has 7 heteroatoms. The van der Waals surface area contributed by atoms with Gasteiger partial charge in [-0.25, -0.2) is 4.68 Å². The number of fused-ring (bicyclic) bond motifs is 1. The minimum Gasteiger partial charge on any atom is -0.369 e. The molecule has 31 heavy (non-hydrogen) atoms. The van der Waals surface area contributed by atoms with Crippen molar-refractivity contribution in [3.8, 4) is 0 Å². The van der Waals surface area contributed by atoms with Crippen molar-refractivity contribution in [3.05, 3.63) is 64.1 Å². The van der Waals surface area contributed by atoms with Crippen molar-refractivity contribution in [1.29, 1.82) is 0 Å². The van der Waals surface area contributed by atoms with E-state index in [0.717, 1.165) is 55.1 Å². The van der Waals surface area contributed by atoms with E-state index in [1.165, 1.54) is 10.4 Å². The Morgan fingerprint density at radius 3 is 2.42 bits per heavy atom. The number of amides is 1. The minimum atomic E-state index is -0.267. The van der Waals surface area contributed by atoms with Crippen LogP contribution in [0.1, 0.15) is 18.2 Å². The number of carbonyl (C=O) groups excluding carboxylic acids is 1. The SMILES string of the molecule is CCN1CCN(c2ccc(NC(=O)Cn3nc(C)c4ccccc4c3=O)c(C)c2)CC1. The first kappa shape index (κ1) is 21.1. The van der Waals surface area contributed by atoms with Gasteiger partial charge >= 0.3 is 0 Å². The van der Waals surface area contributed by atoms with Gasteiger partial charge in [-0.1, -0.05) is 25.1 Å². The normalized spacial score (nSPS) is 14.7. The van der Waals surface area contributed by atoms with Crippen molar-refractivity contribution in [2.45, 2.75) is 27.3 Å². The Balaban J connectivity index is 1.46. The first-order valence-electron chi connectivity index (χ1n) is 10.8. The predicted molar refractivity (Wildman–Crippen MR) is 125 cm³/mol. The largest absolute Gasteiger partial charge is 0.369 e. The van der Waals surface area contributed by atoms with E-state index >= 15 is 0 Å². The Morgan fingerprint density at radius 2 is 1.74 bits per heavy atom. The first-order valence-corrected chi connectivity index (χ1v) is 10.8. The van der Waals surface area contributed by atoms with Gasteiger partial charge in [0, 0.05) is 42.9 Å². The molecule has 4 rings (SSSR count). The quantitative estimate of drug-likeness (QED) is 0.689. The smallest absolute Gasteiger partial charge is 0.275 e. The fourth-order valence-corrected chi connectivity index (χ4v) is 4.14. The van der Waals surface area contributed by atoms with Crippen LogP contribution in [0.5, 0.6) is 0 Å². The average molecular weight is 420 g/mol. The zero-order chi connectivity index (χ0) is 22.0. The zero-order valence-corrected chi connectivity index (χ0v) is 18.4. The molecule has 0 unspecified atom stereocenters. The van der Waals surface area contributed by atoms with Gasteiger partial charge in [-0.15, -0.1) is 0 Å². The molecule has 0 saturated carbocycles. The van der Waals surface area contributed by atoms with Gasteiger partial charge in [-0.2, -0.15) is 5.10 Å². The fourth-order valence-electron chi connectivity index (χ4n) is 4.14. The molecule has 7 nitrogen and oxygen atoms in total. The van der Waals surface area contributed by atoms with Crippen LogP contribution >= 0.6 is 0 Å². The summed E-state index contributed by atoms with van der Waals surface area (Å²) in [6.45, 7) is 11.2. The molecule has 162 valence electrons. The molecule has 1 aromatic heterocycles. The number of benzene rings is 2. The predicted octanol–water partition coefficient (Wildman–Crippen LogP) is 2.79. The molecule has 0 atom stereocenters. The first-order chi connectivity index (χ1) is 15.0. The highest BCUT2D eigenvalue weighted by Crippen LogP contribution is 2.24. The van der Waals surface area contributed by atoms with E-state index in [9.17, 15) is 9.59 Å². The van der Waals surface area contributed by atoms with Crippen molar-refractivity contribution in [3.63, 3.8) is 0 Å². The zero-order valence-electron chi connectivity index (χ0n) is 18.4. The van der Waals surface area contributed by atoms with Crippen LogP contribution in [-0.2, 0) is 11.3 Å². The van der Waals surface area contributed by atoms with Gasteiger partial charge in [0.15, 0.2) is 0 Å². The fraction of sp³-hybridized carbons (Fsp3) is 0.375. The highest BCUT2D eigenvalue weighted by atomic mass is 16.2. The number of hydrogen-bond donors (Lipinski definition) is 1. The van der Waals surface area contributed by atoms with Crippen LogP contribution in [0.3, 0.4) is 0 Å². The van der Waals surface area contributed by atoms with Gasteiger partial charge in [-0.3, -0.25) is 9.59 Å². The van der Waals surface area contributed by atoms with E-state index in [4.69, 9.17) is 0 Å². The summed E-state index contributed by atoms with van der Waals surface area (Å²) in [6.07, 6.45) is 0. The van der Waals surface area contributed by atoms with E-state index in [-0.39, 0.29) is 18.0 Å². The standard InChI is InChI=1S/C24H29N5O2/c1-4-27-11-13-28(14-12-27)19-9-10-22(17(2)15-19)25-23(30)16-29-24(31)21-8-6-5-7-20(21)18(3)26-29/h5-10,15H,4,11-14,16H2,1-3H3,(H,25,30). The molecule has 2 heterocycles. The molecule has 1 N–H and O–H groups in total. The number of nitrogens with one attached hydrogen (secondary N) is 1. The topological polar surface area (TPSA) is 70.5 Å². The van der Waals surface area contributed by atoms with Crippen LogP contribution in [-0.4, -0.2) is 53.3 Å². The molecule has 0 aliphatic carbocycles. The maximum absolute atomic E-state index is 12.7. The summed E-state index contributed by atoms with van der Waals surface area (Å²) >= 11 is 0. The van der Waals surface area contributed by atoms with Crippen LogP contribution in [0.2, 0.25) is 0 Å². The third-order valence-electron chi connectivity index (χ3n) is 6.01. The Bertz CT molecular complexity index is 1160. The second kappa shape index (κ2) is 8.89. The summed E-state index contributed by atoms with van der Waals surface area (Å²) in [4.78, 5) is 30.2. The van der Waals surface area contributed by atoms with Gasteiger partial charge in [0.1, 0.15) is 6.54 Å². The molecular formula is C24H29N5O2. The average Bonchev–Trinajstić information content (AvgIpc) is 2.79. The van der Waals surface area contributed by atoms with E-state index in [2.05, 4.69) is 39.3 Å². The molecule has 1 saturated heterocycles. The lowest BCUT2D eigenvalue weighted by Crippen LogP contribution is -2.46. The second-order valence-electron chi connectivity index (χ2n) is 8.06. The number of carbonyl (C=O) groups is 1. The maximum Gasteiger partial charge on any atom is 0.275 e. The number of aryl methyl sites for hydroxylation is 2. The number of anilines is 2. The molecule has 1 fully saturated rings. The Labute approximate surface area is 182 Å². The molecule has 1 aliphatic rings. The summed E-state index contributed by atoms with van der Waals surface area (Å²) in [6, 6.07) is 13.4. The van der Waals surface area contributed by atoms with Crippen molar-refractivity contribution in [1.82, 2.24) is 14.7 Å². The third kappa shape index (κ3) is 4.46. The van der Waals surface area contributed by atoms with Gasteiger partial charge in [-0.05, 0) is 50.2 Å². The monoisotopic (exact) mass is 419 g/mol. The number of hydrogen-bond acceptors (Lipinski definition) is 5. The molecule has 1 aliphatic heterocycles. The number of likely N-dealkylation sites (N-methyl/N-ethyl adjacent to an activating group) is 1. The Kier molecular flexibility index (Phi) is 6.04. The van der Waals surface area contributed by atoms with Crippen LogP contribution in [0, 0.1) is 13.8 Å². The molecular weight excluding hydrogens is 390 g/mol. The highest BCUT2D eigenvalue weighted by Gasteiger charge is 2.17.